The molecule has 1 amide bonds. The van der Waals surface area contributed by atoms with Crippen LogP contribution >= 0.6 is 0 Å². The molecule has 0 saturated carbocycles. The highest BCUT2D eigenvalue weighted by molar-refractivity contribution is 5.86. The number of esters is 2. The molecule has 0 bridgehead atoms. The van der Waals surface area contributed by atoms with E-state index in [1.807, 2.05) is 34.6 Å². The number of amides is 1. The van der Waals surface area contributed by atoms with Crippen LogP contribution in [0.2, 0.25) is 0 Å². The SMILES string of the molecule is C=C(C)C(=O)OCCOC(=O)C(C)(C)CC.CCC(C)C(=O)N(C)C. The van der Waals surface area contributed by atoms with Gasteiger partial charge in [-0.05, 0) is 33.6 Å². The number of ether oxygens (including phenoxy) is 2. The van der Waals surface area contributed by atoms with E-state index in [-0.39, 0.29) is 31.0 Å². The number of rotatable bonds is 8. The predicted octanol–water partition coefficient (Wildman–Crippen LogP) is 3.21. The normalized spacial score (nSPS) is 11.5. The van der Waals surface area contributed by atoms with Crippen molar-refractivity contribution in [1.82, 2.24) is 4.90 Å². The van der Waals surface area contributed by atoms with Gasteiger partial charge in [0.25, 0.3) is 0 Å². The molecule has 0 rings (SSSR count). The molecule has 0 aliphatic carbocycles. The first-order valence-corrected chi connectivity index (χ1v) is 8.61. The third-order valence-corrected chi connectivity index (χ3v) is 3.81. The highest BCUT2D eigenvalue weighted by Crippen LogP contribution is 2.21. The number of carbonyl (C=O) groups excluding carboxylic acids is 3. The molecule has 0 radical (unpaired) electrons. The van der Waals surface area contributed by atoms with Crippen molar-refractivity contribution in [2.24, 2.45) is 11.3 Å². The molecule has 0 heterocycles. The van der Waals surface area contributed by atoms with E-state index in [2.05, 4.69) is 6.58 Å². The first kappa shape index (κ1) is 25.4. The largest absolute Gasteiger partial charge is 0.462 e. The molecule has 6 nitrogen and oxygen atoms in total. The van der Waals surface area contributed by atoms with Gasteiger partial charge in [-0.3, -0.25) is 9.59 Å². The third-order valence-electron chi connectivity index (χ3n) is 3.81. The van der Waals surface area contributed by atoms with Gasteiger partial charge in [0.15, 0.2) is 0 Å². The van der Waals surface area contributed by atoms with E-state index >= 15 is 0 Å². The van der Waals surface area contributed by atoms with E-state index < -0.39 is 11.4 Å². The van der Waals surface area contributed by atoms with Gasteiger partial charge in [0.1, 0.15) is 13.2 Å². The zero-order chi connectivity index (χ0) is 20.2. The second kappa shape index (κ2) is 12.5. The average molecular weight is 357 g/mol. The lowest BCUT2D eigenvalue weighted by Crippen LogP contribution is -2.27. The fourth-order valence-electron chi connectivity index (χ4n) is 1.35. The first-order chi connectivity index (χ1) is 11.4. The molecule has 0 spiro atoms. The van der Waals surface area contributed by atoms with Crippen molar-refractivity contribution in [3.8, 4) is 0 Å². The van der Waals surface area contributed by atoms with Crippen molar-refractivity contribution < 1.29 is 23.9 Å². The number of nitrogens with zero attached hydrogens (tertiary/aromatic N) is 1. The highest BCUT2D eigenvalue weighted by atomic mass is 16.6. The van der Waals surface area contributed by atoms with Crippen LogP contribution in [0.4, 0.5) is 0 Å². The maximum atomic E-state index is 11.5. The summed E-state index contributed by atoms with van der Waals surface area (Å²) < 4.78 is 9.77. The van der Waals surface area contributed by atoms with Gasteiger partial charge in [-0.2, -0.15) is 0 Å². The Morgan fingerprint density at radius 2 is 1.56 bits per heavy atom. The lowest BCUT2D eigenvalue weighted by molar-refractivity contribution is -0.158. The molecule has 25 heavy (non-hydrogen) atoms. The van der Waals surface area contributed by atoms with Crippen LogP contribution in [-0.2, 0) is 23.9 Å². The Balaban J connectivity index is 0. The summed E-state index contributed by atoms with van der Waals surface area (Å²) in [5, 5.41) is 0. The lowest BCUT2D eigenvalue weighted by atomic mass is 9.91. The second-order valence-corrected chi connectivity index (χ2v) is 6.83. The molecule has 0 aliphatic rings. The van der Waals surface area contributed by atoms with Gasteiger partial charge in [0, 0.05) is 25.6 Å². The van der Waals surface area contributed by atoms with E-state index in [0.717, 1.165) is 6.42 Å². The van der Waals surface area contributed by atoms with Crippen LogP contribution < -0.4 is 0 Å². The molecule has 0 aliphatic heterocycles. The summed E-state index contributed by atoms with van der Waals surface area (Å²) in [6.07, 6.45) is 1.63. The van der Waals surface area contributed by atoms with E-state index in [9.17, 15) is 14.4 Å². The van der Waals surface area contributed by atoms with Gasteiger partial charge < -0.3 is 14.4 Å². The molecular weight excluding hydrogens is 322 g/mol. The fourth-order valence-corrected chi connectivity index (χ4v) is 1.35. The molecular formula is C19H35NO5. The van der Waals surface area contributed by atoms with Gasteiger partial charge >= 0.3 is 11.9 Å². The van der Waals surface area contributed by atoms with Crippen molar-refractivity contribution in [2.75, 3.05) is 27.3 Å². The van der Waals surface area contributed by atoms with Crippen LogP contribution in [0.25, 0.3) is 0 Å². The summed E-state index contributed by atoms with van der Waals surface area (Å²) in [7, 11) is 3.57. The molecule has 0 aromatic heterocycles. The third kappa shape index (κ3) is 11.3. The molecule has 6 heteroatoms. The Labute approximate surface area is 152 Å². The summed E-state index contributed by atoms with van der Waals surface area (Å²) in [5.74, 6) is -0.343. The van der Waals surface area contributed by atoms with Crippen LogP contribution in [0.15, 0.2) is 12.2 Å². The van der Waals surface area contributed by atoms with E-state index in [1.54, 1.807) is 25.9 Å². The van der Waals surface area contributed by atoms with Gasteiger partial charge in [0.05, 0.1) is 5.41 Å². The second-order valence-electron chi connectivity index (χ2n) is 6.83. The summed E-state index contributed by atoms with van der Waals surface area (Å²) in [5.41, 5.74) is -0.154. The lowest BCUT2D eigenvalue weighted by Gasteiger charge is -2.20. The van der Waals surface area contributed by atoms with Crippen molar-refractivity contribution in [3.05, 3.63) is 12.2 Å². The Morgan fingerprint density at radius 3 is 1.88 bits per heavy atom. The summed E-state index contributed by atoms with van der Waals surface area (Å²) in [6.45, 7) is 14.7. The predicted molar refractivity (Wildman–Crippen MR) is 99.0 cm³/mol. The summed E-state index contributed by atoms with van der Waals surface area (Å²) >= 11 is 0. The monoisotopic (exact) mass is 357 g/mol. The minimum absolute atomic E-state index is 0.0667. The number of hydrogen-bond acceptors (Lipinski definition) is 5. The van der Waals surface area contributed by atoms with Gasteiger partial charge in [-0.1, -0.05) is 27.4 Å². The van der Waals surface area contributed by atoms with Crippen molar-refractivity contribution >= 4 is 17.8 Å². The maximum Gasteiger partial charge on any atom is 0.333 e. The van der Waals surface area contributed by atoms with Gasteiger partial charge in [-0.25, -0.2) is 4.79 Å². The number of hydrogen-bond donors (Lipinski definition) is 0. The van der Waals surface area contributed by atoms with Crippen LogP contribution in [0.1, 0.15) is 54.4 Å². The Bertz CT molecular complexity index is 455. The molecule has 0 fully saturated rings. The van der Waals surface area contributed by atoms with Crippen LogP contribution in [0.5, 0.6) is 0 Å². The molecule has 1 unspecified atom stereocenters. The molecule has 0 N–H and O–H groups in total. The first-order valence-electron chi connectivity index (χ1n) is 8.61. The smallest absolute Gasteiger partial charge is 0.333 e. The highest BCUT2D eigenvalue weighted by Gasteiger charge is 2.26. The van der Waals surface area contributed by atoms with Crippen LogP contribution in [-0.4, -0.2) is 50.1 Å². The quantitative estimate of drug-likeness (QED) is 0.379. The van der Waals surface area contributed by atoms with Crippen molar-refractivity contribution in [3.63, 3.8) is 0 Å². The Kier molecular flexibility index (Phi) is 12.7. The molecule has 0 saturated heterocycles. The van der Waals surface area contributed by atoms with E-state index in [4.69, 9.17) is 9.47 Å². The summed E-state index contributed by atoms with van der Waals surface area (Å²) in [4.78, 5) is 35.1. The Morgan fingerprint density at radius 1 is 1.08 bits per heavy atom. The van der Waals surface area contributed by atoms with Crippen LogP contribution in [0, 0.1) is 11.3 Å². The van der Waals surface area contributed by atoms with E-state index in [0.29, 0.717) is 12.0 Å². The topological polar surface area (TPSA) is 72.9 Å². The van der Waals surface area contributed by atoms with E-state index in [1.165, 1.54) is 0 Å². The average Bonchev–Trinajstić information content (AvgIpc) is 2.56. The van der Waals surface area contributed by atoms with Crippen molar-refractivity contribution in [2.45, 2.75) is 54.4 Å². The molecule has 0 aromatic rings. The molecule has 146 valence electrons. The minimum Gasteiger partial charge on any atom is -0.462 e. The van der Waals surface area contributed by atoms with Gasteiger partial charge in [-0.15, -0.1) is 0 Å². The maximum absolute atomic E-state index is 11.5. The number of carbonyl (C=O) groups is 3. The van der Waals surface area contributed by atoms with Gasteiger partial charge in [0.2, 0.25) is 5.91 Å². The molecule has 0 aromatic carbocycles. The zero-order valence-corrected chi connectivity index (χ0v) is 17.1. The minimum atomic E-state index is -0.488. The standard InChI is InChI=1S/C12H20O4.C7H15NO/c1-6-12(4,5)11(14)16-8-7-15-10(13)9(2)3;1-5-6(2)7(9)8(3)4/h2,6-8H2,1,3-5H3;6H,5H2,1-4H3. The zero-order valence-electron chi connectivity index (χ0n) is 17.1. The van der Waals surface area contributed by atoms with Crippen molar-refractivity contribution in [1.29, 1.82) is 0 Å². The Hall–Kier alpha value is -1.85. The molecule has 1 atom stereocenters. The summed E-state index contributed by atoms with van der Waals surface area (Å²) in [6, 6.07) is 0. The van der Waals surface area contributed by atoms with Crippen LogP contribution in [0.3, 0.4) is 0 Å². The fraction of sp³-hybridized carbons (Fsp3) is 0.737.